The Balaban J connectivity index is 2.55. The molecule has 1 heterocycles. The predicted octanol–water partition coefficient (Wildman–Crippen LogP) is 1.78. The van der Waals surface area contributed by atoms with Gasteiger partial charge in [0, 0.05) is 11.6 Å². The Hall–Kier alpha value is -3.22. The molecule has 1 aromatic carbocycles. The van der Waals surface area contributed by atoms with E-state index in [1.807, 2.05) is 0 Å². The molecule has 0 atom stereocenters. The van der Waals surface area contributed by atoms with Gasteiger partial charge in [-0.2, -0.15) is 0 Å². The van der Waals surface area contributed by atoms with Gasteiger partial charge in [-0.25, -0.2) is 9.78 Å². The van der Waals surface area contributed by atoms with Crippen LogP contribution in [0.5, 0.6) is 0 Å². The number of rotatable bonds is 2. The highest BCUT2D eigenvalue weighted by Gasteiger charge is 2.24. The summed E-state index contributed by atoms with van der Waals surface area (Å²) in [7, 11) is 0. The molecule has 1 aromatic rings. The highest BCUT2D eigenvalue weighted by Crippen LogP contribution is 2.30. The van der Waals surface area contributed by atoms with Crippen molar-refractivity contribution in [2.75, 3.05) is 5.73 Å². The van der Waals surface area contributed by atoms with Crippen LogP contribution in [0.3, 0.4) is 0 Å². The van der Waals surface area contributed by atoms with Gasteiger partial charge in [-0.1, -0.05) is 6.07 Å². The van der Waals surface area contributed by atoms with E-state index in [2.05, 4.69) is 4.98 Å². The summed E-state index contributed by atoms with van der Waals surface area (Å²) in [4.78, 5) is 39.0. The number of aromatic nitrogens is 1. The molecule has 0 spiro atoms. The quantitative estimate of drug-likeness (QED) is 0.419. The van der Waals surface area contributed by atoms with Crippen LogP contribution in [0.15, 0.2) is 33.5 Å². The molecule has 0 aromatic heterocycles. The Kier molecular flexibility index (Phi) is 2.91. The van der Waals surface area contributed by atoms with E-state index in [-0.39, 0.29) is 28.3 Å². The summed E-state index contributed by atoms with van der Waals surface area (Å²) in [6, 6.07) is 5.84. The minimum absolute atomic E-state index is 0.00445. The van der Waals surface area contributed by atoms with E-state index in [1.54, 1.807) is 18.2 Å². The molecule has 0 unspecified atom stereocenters. The molecule has 1 aliphatic heterocycles. The first-order chi connectivity index (χ1) is 10.4. The number of carbonyl (C=O) groups excluding carboxylic acids is 1. The van der Waals surface area contributed by atoms with Gasteiger partial charge in [0.15, 0.2) is 17.1 Å². The number of aromatic carboxylic acids is 1. The van der Waals surface area contributed by atoms with E-state index in [0.717, 1.165) is 6.07 Å². The number of nitrogen functional groups attached to an aromatic ring is 1. The molecule has 3 N–H and O–H groups in total. The van der Waals surface area contributed by atoms with Crippen molar-refractivity contribution in [1.29, 1.82) is 0 Å². The van der Waals surface area contributed by atoms with Crippen molar-refractivity contribution >= 4 is 28.5 Å². The summed E-state index contributed by atoms with van der Waals surface area (Å²) in [6.45, 7) is 1.37. The number of carboxylic acid groups (broad SMARTS) is 1. The van der Waals surface area contributed by atoms with E-state index in [1.165, 1.54) is 6.92 Å². The third-order valence-corrected chi connectivity index (χ3v) is 3.30. The van der Waals surface area contributed by atoms with Crippen LogP contribution in [0.25, 0.3) is 22.6 Å². The van der Waals surface area contributed by atoms with E-state index in [4.69, 9.17) is 10.2 Å². The van der Waals surface area contributed by atoms with Gasteiger partial charge in [0.25, 0.3) is 0 Å². The summed E-state index contributed by atoms with van der Waals surface area (Å²) in [6.07, 6.45) is 0. The number of Topliss-reactive ketones (excluding diaryl/α,β-unsaturated/α-hetero) is 1. The number of nitrogens with zero attached hydrogens (tertiary/aromatic N) is 1. The molecule has 22 heavy (non-hydrogen) atoms. The normalized spacial score (nSPS) is 11.0. The maximum atomic E-state index is 11.7. The first-order valence-electron chi connectivity index (χ1n) is 6.30. The lowest BCUT2D eigenvalue weighted by Crippen LogP contribution is -2.17. The second kappa shape index (κ2) is 4.66. The summed E-state index contributed by atoms with van der Waals surface area (Å²) < 4.78 is 5.53. The lowest BCUT2D eigenvalue weighted by molar-refractivity contribution is 0.0698. The van der Waals surface area contributed by atoms with Gasteiger partial charge >= 0.3 is 5.97 Å². The van der Waals surface area contributed by atoms with Crippen molar-refractivity contribution in [2.24, 2.45) is 0 Å². The van der Waals surface area contributed by atoms with E-state index < -0.39 is 22.6 Å². The second-order valence-corrected chi connectivity index (χ2v) is 4.74. The maximum absolute atomic E-state index is 11.7. The van der Waals surface area contributed by atoms with Crippen molar-refractivity contribution in [3.63, 3.8) is 0 Å². The standard InChI is InChI=1S/C15H10N2O5/c1-6(18)7-3-2-4-9-13(7)17-14-10(22-9)5-8(19)12(16)11(14)15(20)21/h2-5H,16H2,1H3,(H,20,21). The average molecular weight is 298 g/mol. The van der Waals surface area contributed by atoms with Crippen LogP contribution in [-0.4, -0.2) is 21.8 Å². The van der Waals surface area contributed by atoms with Crippen LogP contribution >= 0.6 is 0 Å². The third kappa shape index (κ3) is 1.91. The lowest BCUT2D eigenvalue weighted by atomic mass is 10.0. The topological polar surface area (TPSA) is 123 Å². The van der Waals surface area contributed by atoms with Gasteiger partial charge in [0.2, 0.25) is 5.43 Å². The smallest absolute Gasteiger partial charge is 0.340 e. The fourth-order valence-electron chi connectivity index (χ4n) is 2.28. The van der Waals surface area contributed by atoms with Crippen molar-refractivity contribution < 1.29 is 19.1 Å². The number of benzene rings is 2. The van der Waals surface area contributed by atoms with Crippen LogP contribution in [0, 0.1) is 0 Å². The van der Waals surface area contributed by atoms with Crippen molar-refractivity contribution in [1.82, 2.24) is 4.98 Å². The second-order valence-electron chi connectivity index (χ2n) is 4.74. The van der Waals surface area contributed by atoms with Crippen LogP contribution < -0.4 is 11.2 Å². The number of ketones is 1. The molecule has 0 saturated heterocycles. The van der Waals surface area contributed by atoms with Crippen molar-refractivity contribution in [2.45, 2.75) is 6.92 Å². The van der Waals surface area contributed by atoms with E-state index >= 15 is 0 Å². The molecule has 0 saturated carbocycles. The highest BCUT2D eigenvalue weighted by molar-refractivity contribution is 6.06. The molecule has 2 aliphatic rings. The van der Waals surface area contributed by atoms with Crippen LogP contribution in [0.4, 0.5) is 5.69 Å². The number of carboxylic acids is 1. The number of nitrogens with two attached hydrogens (primary N) is 1. The molecule has 3 rings (SSSR count). The minimum atomic E-state index is -1.39. The maximum Gasteiger partial charge on any atom is 0.340 e. The highest BCUT2D eigenvalue weighted by atomic mass is 16.4. The Morgan fingerprint density at radius 3 is 2.68 bits per heavy atom. The van der Waals surface area contributed by atoms with Gasteiger partial charge in [0.1, 0.15) is 16.8 Å². The van der Waals surface area contributed by atoms with Crippen molar-refractivity contribution in [3.8, 4) is 11.5 Å². The molecule has 0 bridgehead atoms. The van der Waals surface area contributed by atoms with Gasteiger partial charge in [-0.05, 0) is 19.1 Å². The number of fused-ring (bicyclic) bond motifs is 2. The van der Waals surface area contributed by atoms with Gasteiger partial charge in [-0.15, -0.1) is 0 Å². The summed E-state index contributed by atoms with van der Waals surface area (Å²) in [5.74, 6) is -1.62. The third-order valence-electron chi connectivity index (χ3n) is 3.30. The van der Waals surface area contributed by atoms with Crippen LogP contribution in [0.1, 0.15) is 27.6 Å². The summed E-state index contributed by atoms with van der Waals surface area (Å²) >= 11 is 0. The molecule has 7 heteroatoms. The molecule has 7 nitrogen and oxygen atoms in total. The number of hydrogen-bond acceptors (Lipinski definition) is 6. The molecule has 110 valence electrons. The molecule has 1 aliphatic carbocycles. The SMILES string of the molecule is CC(=O)c1cccc2oc3cc(=O)c(N)c(C(=O)O)c-3nc12. The Bertz CT molecular complexity index is 974. The molecule has 0 amide bonds. The predicted molar refractivity (Wildman–Crippen MR) is 78.3 cm³/mol. The number of para-hydroxylation sites is 1. The summed E-state index contributed by atoms with van der Waals surface area (Å²) in [5.41, 5.74) is 4.79. The fourth-order valence-corrected chi connectivity index (χ4v) is 2.28. The zero-order chi connectivity index (χ0) is 16.0. The monoisotopic (exact) mass is 298 g/mol. The first-order valence-corrected chi connectivity index (χ1v) is 6.30. The largest absolute Gasteiger partial charge is 0.478 e. The fraction of sp³-hybridized carbons (Fsp3) is 0.0667. The van der Waals surface area contributed by atoms with Crippen LogP contribution in [0.2, 0.25) is 0 Å². The summed E-state index contributed by atoms with van der Waals surface area (Å²) in [5, 5.41) is 9.27. The molecular formula is C15H10N2O5. The Morgan fingerprint density at radius 1 is 1.32 bits per heavy atom. The number of anilines is 1. The lowest BCUT2D eigenvalue weighted by Gasteiger charge is -2.11. The molecular weight excluding hydrogens is 288 g/mol. The number of carbonyl (C=O) groups is 2. The van der Waals surface area contributed by atoms with E-state index in [0.29, 0.717) is 5.56 Å². The van der Waals surface area contributed by atoms with Gasteiger partial charge < -0.3 is 15.3 Å². The van der Waals surface area contributed by atoms with Gasteiger partial charge in [-0.3, -0.25) is 9.59 Å². The molecule has 0 fully saturated rings. The van der Waals surface area contributed by atoms with Crippen molar-refractivity contribution in [3.05, 3.63) is 45.6 Å². The minimum Gasteiger partial charge on any atom is -0.478 e. The zero-order valence-electron chi connectivity index (χ0n) is 11.4. The van der Waals surface area contributed by atoms with Crippen LogP contribution in [-0.2, 0) is 0 Å². The first kappa shape index (κ1) is 13.7. The van der Waals surface area contributed by atoms with E-state index in [9.17, 15) is 19.5 Å². The Morgan fingerprint density at radius 2 is 2.05 bits per heavy atom. The zero-order valence-corrected chi connectivity index (χ0v) is 11.4. The number of hydrogen-bond donors (Lipinski definition) is 2. The molecule has 0 radical (unpaired) electrons. The Labute approximate surface area is 123 Å². The van der Waals surface area contributed by atoms with Gasteiger partial charge in [0.05, 0.1) is 5.69 Å². The average Bonchev–Trinajstić information content (AvgIpc) is 2.45.